The fraction of sp³-hybridized carbons (Fsp3) is 0.143. The number of nitrogens with one attached hydrogen (secondary N) is 1. The molecule has 1 rings (SSSR count). The van der Waals surface area contributed by atoms with Crippen LogP contribution in [0.15, 0.2) is 18.2 Å². The van der Waals surface area contributed by atoms with Gasteiger partial charge in [0.05, 0.1) is 17.7 Å². The second-order valence-electron chi connectivity index (χ2n) is 2.68. The van der Waals surface area contributed by atoms with Gasteiger partial charge in [0.15, 0.2) is 5.75 Å². The van der Waals surface area contributed by atoms with E-state index in [0.717, 1.165) is 6.07 Å². The number of nitrogens with zero attached hydrogens (tertiary/aromatic N) is 1. The molecule has 0 amide bonds. The molecular formula is C7H7ClN2O5S. The fourth-order valence-electron chi connectivity index (χ4n) is 1.04. The Balaban J connectivity index is 3.17. The van der Waals surface area contributed by atoms with Gasteiger partial charge in [0.2, 0.25) is 0 Å². The predicted octanol–water partition coefficient (Wildman–Crippen LogP) is 1.50. The minimum absolute atomic E-state index is 0.0116. The lowest BCUT2D eigenvalue weighted by Gasteiger charge is -2.04. The molecule has 0 saturated carbocycles. The Morgan fingerprint density at radius 1 is 1.50 bits per heavy atom. The zero-order chi connectivity index (χ0) is 12.3. The van der Waals surface area contributed by atoms with Gasteiger partial charge < -0.3 is 4.74 Å². The van der Waals surface area contributed by atoms with Crippen LogP contribution >= 0.6 is 10.7 Å². The molecule has 0 spiro atoms. The number of nitro benzene ring substituents is 1. The fourth-order valence-corrected chi connectivity index (χ4v) is 1.71. The zero-order valence-electron chi connectivity index (χ0n) is 8.01. The van der Waals surface area contributed by atoms with E-state index < -0.39 is 14.2 Å². The van der Waals surface area contributed by atoms with Crippen molar-refractivity contribution in [1.29, 1.82) is 0 Å². The van der Waals surface area contributed by atoms with Crippen molar-refractivity contribution in [2.45, 2.75) is 0 Å². The lowest BCUT2D eigenvalue weighted by Crippen LogP contribution is -2.05. The highest BCUT2D eigenvalue weighted by atomic mass is 35.7. The standard InChI is InChI=1S/C7H7ClN2O5S/c1-15-7-3-2-5(9-16(8,13)14)4-6(7)10(11)12/h2-4,9H,1H3. The molecule has 1 N–H and O–H groups in total. The van der Waals surface area contributed by atoms with Crippen LogP contribution in [-0.4, -0.2) is 20.5 Å². The summed E-state index contributed by atoms with van der Waals surface area (Å²) in [6, 6.07) is 3.58. The number of anilines is 1. The van der Waals surface area contributed by atoms with E-state index in [1.54, 1.807) is 0 Å². The van der Waals surface area contributed by atoms with Gasteiger partial charge in [-0.3, -0.25) is 14.8 Å². The van der Waals surface area contributed by atoms with Crippen LogP contribution in [0.25, 0.3) is 0 Å². The predicted molar refractivity (Wildman–Crippen MR) is 58.0 cm³/mol. The van der Waals surface area contributed by atoms with Crippen molar-refractivity contribution in [3.05, 3.63) is 28.3 Å². The molecule has 0 aromatic heterocycles. The van der Waals surface area contributed by atoms with Gasteiger partial charge in [-0.1, -0.05) is 0 Å². The summed E-state index contributed by atoms with van der Waals surface area (Å²) in [7, 11) is 2.22. The van der Waals surface area contributed by atoms with Crippen molar-refractivity contribution in [1.82, 2.24) is 0 Å². The van der Waals surface area contributed by atoms with Crippen LogP contribution in [-0.2, 0) is 9.24 Å². The molecule has 0 unspecified atom stereocenters. The van der Waals surface area contributed by atoms with Crippen LogP contribution in [0.1, 0.15) is 0 Å². The van der Waals surface area contributed by atoms with Gasteiger partial charge in [-0.25, -0.2) is 0 Å². The van der Waals surface area contributed by atoms with Gasteiger partial charge in [0, 0.05) is 16.7 Å². The summed E-state index contributed by atoms with van der Waals surface area (Å²) >= 11 is 0. The van der Waals surface area contributed by atoms with Gasteiger partial charge in [-0.15, -0.1) is 0 Å². The van der Waals surface area contributed by atoms with Crippen LogP contribution in [0.5, 0.6) is 5.75 Å². The monoisotopic (exact) mass is 266 g/mol. The van der Waals surface area contributed by atoms with E-state index in [1.165, 1.54) is 19.2 Å². The molecule has 0 fully saturated rings. The number of methoxy groups -OCH3 is 1. The van der Waals surface area contributed by atoms with Gasteiger partial charge in [-0.2, -0.15) is 8.42 Å². The van der Waals surface area contributed by atoms with E-state index in [1.807, 2.05) is 4.72 Å². The molecule has 0 radical (unpaired) electrons. The maximum absolute atomic E-state index is 10.7. The molecule has 0 aliphatic heterocycles. The lowest BCUT2D eigenvalue weighted by molar-refractivity contribution is -0.385. The van der Waals surface area contributed by atoms with Crippen LogP contribution in [0.3, 0.4) is 0 Å². The first-order chi connectivity index (χ1) is 7.33. The van der Waals surface area contributed by atoms with Crippen molar-refractivity contribution < 1.29 is 18.1 Å². The lowest BCUT2D eigenvalue weighted by atomic mass is 10.2. The number of hydrogen-bond acceptors (Lipinski definition) is 5. The van der Waals surface area contributed by atoms with Gasteiger partial charge in [-0.05, 0) is 12.1 Å². The third-order valence-electron chi connectivity index (χ3n) is 1.62. The van der Waals surface area contributed by atoms with E-state index in [9.17, 15) is 18.5 Å². The molecule has 16 heavy (non-hydrogen) atoms. The second-order valence-corrected chi connectivity index (χ2v) is 4.98. The molecule has 9 heteroatoms. The summed E-state index contributed by atoms with van der Waals surface area (Å²) < 4.78 is 28.0. The highest BCUT2D eigenvalue weighted by Crippen LogP contribution is 2.30. The summed E-state index contributed by atoms with van der Waals surface area (Å²) in [5.41, 5.74) is -0.365. The van der Waals surface area contributed by atoms with Gasteiger partial charge >= 0.3 is 14.9 Å². The Morgan fingerprint density at radius 3 is 2.56 bits per heavy atom. The molecule has 88 valence electrons. The van der Waals surface area contributed by atoms with Crippen LogP contribution in [0.2, 0.25) is 0 Å². The number of nitro groups is 1. The minimum Gasteiger partial charge on any atom is -0.490 e. The first kappa shape index (κ1) is 12.5. The maximum Gasteiger partial charge on any atom is 0.319 e. The van der Waals surface area contributed by atoms with E-state index in [-0.39, 0.29) is 17.1 Å². The number of hydrogen-bond donors (Lipinski definition) is 1. The van der Waals surface area contributed by atoms with E-state index >= 15 is 0 Å². The Bertz CT molecular complexity index is 516. The van der Waals surface area contributed by atoms with E-state index in [2.05, 4.69) is 0 Å². The largest absolute Gasteiger partial charge is 0.490 e. The Labute approximate surface area is 95.7 Å². The average molecular weight is 267 g/mol. The number of ether oxygens (including phenoxy) is 1. The summed E-state index contributed by atoms with van der Waals surface area (Å²) in [5, 5.41) is 10.6. The summed E-state index contributed by atoms with van der Waals surface area (Å²) in [6.45, 7) is 0. The smallest absolute Gasteiger partial charge is 0.319 e. The summed E-state index contributed by atoms with van der Waals surface area (Å²) in [4.78, 5) is 9.92. The van der Waals surface area contributed by atoms with Crippen molar-refractivity contribution in [2.75, 3.05) is 11.8 Å². The number of benzene rings is 1. The highest BCUT2D eigenvalue weighted by molar-refractivity contribution is 8.14. The van der Waals surface area contributed by atoms with Gasteiger partial charge in [0.25, 0.3) is 0 Å². The third-order valence-corrected chi connectivity index (χ3v) is 2.33. The van der Waals surface area contributed by atoms with E-state index in [0.29, 0.717) is 0 Å². The maximum atomic E-state index is 10.7. The SMILES string of the molecule is COc1ccc(NS(=O)(=O)Cl)cc1[N+](=O)[O-]. The molecule has 1 aromatic rings. The quantitative estimate of drug-likeness (QED) is 0.506. The summed E-state index contributed by atoms with van der Waals surface area (Å²) in [5.74, 6) is 0.0301. The first-order valence-corrected chi connectivity index (χ1v) is 6.19. The zero-order valence-corrected chi connectivity index (χ0v) is 9.58. The normalized spacial score (nSPS) is 10.9. The second kappa shape index (κ2) is 4.54. The van der Waals surface area contributed by atoms with E-state index in [4.69, 9.17) is 15.4 Å². The molecule has 0 aliphatic carbocycles. The number of rotatable bonds is 4. The van der Waals surface area contributed by atoms with Crippen LogP contribution < -0.4 is 9.46 Å². The molecule has 0 heterocycles. The summed E-state index contributed by atoms with van der Waals surface area (Å²) in [6.07, 6.45) is 0. The topological polar surface area (TPSA) is 98.5 Å². The molecular weight excluding hydrogens is 260 g/mol. The molecule has 7 nitrogen and oxygen atoms in total. The molecule has 0 atom stereocenters. The molecule has 1 aromatic carbocycles. The van der Waals surface area contributed by atoms with Crippen molar-refractivity contribution in [2.24, 2.45) is 0 Å². The van der Waals surface area contributed by atoms with Crippen molar-refractivity contribution >= 4 is 31.3 Å². The third kappa shape index (κ3) is 3.24. The highest BCUT2D eigenvalue weighted by Gasteiger charge is 2.16. The van der Waals surface area contributed by atoms with Gasteiger partial charge in [0.1, 0.15) is 0 Å². The molecule has 0 saturated heterocycles. The van der Waals surface area contributed by atoms with Crippen LogP contribution in [0, 0.1) is 10.1 Å². The average Bonchev–Trinajstić information content (AvgIpc) is 2.15. The van der Waals surface area contributed by atoms with Crippen LogP contribution in [0.4, 0.5) is 11.4 Å². The first-order valence-electron chi connectivity index (χ1n) is 3.88. The molecule has 0 aliphatic rings. The minimum atomic E-state index is -3.98. The molecule has 0 bridgehead atoms. The Kier molecular flexibility index (Phi) is 3.55. The van der Waals surface area contributed by atoms with Crippen molar-refractivity contribution in [3.63, 3.8) is 0 Å². The Morgan fingerprint density at radius 2 is 2.12 bits per heavy atom. The van der Waals surface area contributed by atoms with Crippen molar-refractivity contribution in [3.8, 4) is 5.75 Å². The number of halogens is 1. The Hall–Kier alpha value is -1.54.